The number of nitrogens with one attached hydrogen (secondary N) is 1. The first-order valence-corrected chi connectivity index (χ1v) is 9.58. The number of rotatable bonds is 7. The number of para-hydroxylation sites is 1. The first-order valence-electron chi connectivity index (χ1n) is 8.60. The number of carbonyl (C=O) groups is 2. The van der Waals surface area contributed by atoms with Gasteiger partial charge in [-0.3, -0.25) is 4.79 Å². The normalized spacial score (nSPS) is 10.5. The number of aryl methyl sites for hydroxylation is 1. The van der Waals surface area contributed by atoms with Crippen molar-refractivity contribution in [1.82, 2.24) is 20.2 Å². The van der Waals surface area contributed by atoms with E-state index in [2.05, 4.69) is 27.8 Å². The van der Waals surface area contributed by atoms with Crippen molar-refractivity contribution >= 4 is 29.3 Å². The van der Waals surface area contributed by atoms with Crippen molar-refractivity contribution in [3.63, 3.8) is 0 Å². The lowest BCUT2D eigenvalue weighted by atomic mass is 10.1. The van der Waals surface area contributed by atoms with Gasteiger partial charge in [-0.2, -0.15) is 4.68 Å². The van der Waals surface area contributed by atoms with Gasteiger partial charge < -0.3 is 10.1 Å². The molecule has 0 saturated heterocycles. The molecule has 28 heavy (non-hydrogen) atoms. The van der Waals surface area contributed by atoms with E-state index in [4.69, 9.17) is 4.74 Å². The van der Waals surface area contributed by atoms with E-state index in [1.165, 1.54) is 24.4 Å². The highest BCUT2D eigenvalue weighted by atomic mass is 32.2. The Morgan fingerprint density at radius 2 is 1.89 bits per heavy atom. The fourth-order valence-electron chi connectivity index (χ4n) is 2.50. The number of hydrogen-bond acceptors (Lipinski definition) is 7. The summed E-state index contributed by atoms with van der Waals surface area (Å²) < 4.78 is 6.32. The number of anilines is 1. The van der Waals surface area contributed by atoms with E-state index < -0.39 is 5.97 Å². The van der Waals surface area contributed by atoms with E-state index in [-0.39, 0.29) is 11.7 Å². The number of hydrogen-bond donors (Lipinski definition) is 1. The molecule has 1 heterocycles. The molecule has 0 unspecified atom stereocenters. The number of esters is 1. The minimum absolute atomic E-state index is 0.0862. The van der Waals surface area contributed by atoms with Crippen LogP contribution >= 0.6 is 11.8 Å². The highest BCUT2D eigenvalue weighted by Crippen LogP contribution is 2.20. The predicted molar refractivity (Wildman–Crippen MR) is 106 cm³/mol. The van der Waals surface area contributed by atoms with Gasteiger partial charge >= 0.3 is 5.97 Å². The van der Waals surface area contributed by atoms with Crippen LogP contribution in [0.1, 0.15) is 22.8 Å². The molecular weight excluding hydrogens is 378 g/mol. The van der Waals surface area contributed by atoms with E-state index in [1.807, 2.05) is 24.3 Å². The van der Waals surface area contributed by atoms with Gasteiger partial charge in [-0.25, -0.2) is 4.79 Å². The molecule has 9 heteroatoms. The zero-order chi connectivity index (χ0) is 19.9. The monoisotopic (exact) mass is 397 g/mol. The molecule has 0 aliphatic carbocycles. The van der Waals surface area contributed by atoms with Gasteiger partial charge in [0.25, 0.3) is 0 Å². The van der Waals surface area contributed by atoms with Gasteiger partial charge in [0.1, 0.15) is 0 Å². The smallest absolute Gasteiger partial charge is 0.339 e. The standard InChI is InChI=1S/C19H19N5O3S/c1-3-13-8-10-14(11-9-13)24-19(21-22-23-24)28-12-17(25)20-16-7-5-4-6-15(16)18(26)27-2/h4-11H,3,12H2,1-2H3,(H,20,25). The number of methoxy groups -OCH3 is 1. The largest absolute Gasteiger partial charge is 0.465 e. The molecule has 1 amide bonds. The summed E-state index contributed by atoms with van der Waals surface area (Å²) in [6, 6.07) is 14.6. The summed E-state index contributed by atoms with van der Waals surface area (Å²) in [6.45, 7) is 2.09. The van der Waals surface area contributed by atoms with Gasteiger partial charge in [0.15, 0.2) is 0 Å². The summed E-state index contributed by atoms with van der Waals surface area (Å²) in [5, 5.41) is 14.9. The molecule has 144 valence electrons. The van der Waals surface area contributed by atoms with Crippen LogP contribution in [0.3, 0.4) is 0 Å². The first kappa shape index (κ1) is 19.6. The number of aromatic nitrogens is 4. The molecule has 0 aliphatic heterocycles. The van der Waals surface area contributed by atoms with Gasteiger partial charge in [-0.1, -0.05) is 43.0 Å². The Balaban J connectivity index is 1.66. The molecule has 0 atom stereocenters. The van der Waals surface area contributed by atoms with Crippen LogP contribution in [0.4, 0.5) is 5.69 Å². The molecule has 3 aromatic rings. The van der Waals surface area contributed by atoms with Crippen molar-refractivity contribution in [2.24, 2.45) is 0 Å². The molecule has 1 N–H and O–H groups in total. The van der Waals surface area contributed by atoms with Crippen LogP contribution in [-0.4, -0.2) is 44.9 Å². The number of nitrogens with zero attached hydrogens (tertiary/aromatic N) is 4. The molecule has 0 saturated carbocycles. The number of benzene rings is 2. The second-order valence-electron chi connectivity index (χ2n) is 5.77. The molecule has 2 aromatic carbocycles. The van der Waals surface area contributed by atoms with Crippen LogP contribution in [0.25, 0.3) is 5.69 Å². The molecule has 0 aliphatic rings. The van der Waals surface area contributed by atoms with E-state index in [0.717, 1.165) is 12.1 Å². The number of tetrazole rings is 1. The lowest BCUT2D eigenvalue weighted by Gasteiger charge is -2.09. The highest BCUT2D eigenvalue weighted by Gasteiger charge is 2.15. The topological polar surface area (TPSA) is 99.0 Å². The van der Waals surface area contributed by atoms with Crippen molar-refractivity contribution in [1.29, 1.82) is 0 Å². The Morgan fingerprint density at radius 1 is 1.14 bits per heavy atom. The van der Waals surface area contributed by atoms with Gasteiger partial charge in [0, 0.05) is 0 Å². The second kappa shape index (κ2) is 9.14. The molecule has 0 fully saturated rings. The fraction of sp³-hybridized carbons (Fsp3) is 0.211. The third-order valence-corrected chi connectivity index (χ3v) is 4.89. The third-order valence-electron chi connectivity index (χ3n) is 3.97. The highest BCUT2D eigenvalue weighted by molar-refractivity contribution is 7.99. The van der Waals surface area contributed by atoms with E-state index in [9.17, 15) is 9.59 Å². The van der Waals surface area contributed by atoms with Gasteiger partial charge in [0.2, 0.25) is 11.1 Å². The average Bonchev–Trinajstić information content (AvgIpc) is 3.21. The zero-order valence-corrected chi connectivity index (χ0v) is 16.3. The average molecular weight is 397 g/mol. The van der Waals surface area contributed by atoms with Gasteiger partial charge in [-0.15, -0.1) is 5.10 Å². The van der Waals surface area contributed by atoms with Crippen LogP contribution in [0, 0.1) is 0 Å². The maximum atomic E-state index is 12.3. The van der Waals surface area contributed by atoms with Crippen LogP contribution in [-0.2, 0) is 16.0 Å². The summed E-state index contributed by atoms with van der Waals surface area (Å²) in [4.78, 5) is 24.1. The summed E-state index contributed by atoms with van der Waals surface area (Å²) in [7, 11) is 1.30. The maximum absolute atomic E-state index is 12.3. The molecule has 0 radical (unpaired) electrons. The Kier molecular flexibility index (Phi) is 6.38. The van der Waals surface area contributed by atoms with E-state index >= 15 is 0 Å². The summed E-state index contributed by atoms with van der Waals surface area (Å²) >= 11 is 1.20. The van der Waals surface area contributed by atoms with E-state index in [0.29, 0.717) is 16.4 Å². The SMILES string of the molecule is CCc1ccc(-n2nnnc2SCC(=O)Nc2ccccc2C(=O)OC)cc1. The molecule has 1 aromatic heterocycles. The minimum atomic E-state index is -0.511. The number of ether oxygens (including phenoxy) is 1. The molecular formula is C19H19N5O3S. The third kappa shape index (κ3) is 4.55. The molecule has 0 bridgehead atoms. The summed E-state index contributed by atoms with van der Waals surface area (Å²) in [6.07, 6.45) is 0.949. The maximum Gasteiger partial charge on any atom is 0.339 e. The summed E-state index contributed by atoms with van der Waals surface area (Å²) in [5.74, 6) is -0.705. The first-order chi connectivity index (χ1) is 13.6. The van der Waals surface area contributed by atoms with Crippen LogP contribution in [0.5, 0.6) is 0 Å². The van der Waals surface area contributed by atoms with Crippen molar-refractivity contribution in [3.05, 3.63) is 59.7 Å². The lowest BCUT2D eigenvalue weighted by Crippen LogP contribution is -2.17. The lowest BCUT2D eigenvalue weighted by molar-refractivity contribution is -0.113. The molecule has 8 nitrogen and oxygen atoms in total. The zero-order valence-electron chi connectivity index (χ0n) is 15.5. The minimum Gasteiger partial charge on any atom is -0.465 e. The number of amides is 1. The van der Waals surface area contributed by atoms with Crippen LogP contribution in [0.2, 0.25) is 0 Å². The molecule has 0 spiro atoms. The Morgan fingerprint density at radius 3 is 2.61 bits per heavy atom. The van der Waals surface area contributed by atoms with Crippen molar-refractivity contribution < 1.29 is 14.3 Å². The summed E-state index contributed by atoms with van der Waals surface area (Å²) in [5.41, 5.74) is 2.73. The quantitative estimate of drug-likeness (QED) is 0.483. The Hall–Kier alpha value is -3.20. The Labute approximate surface area is 166 Å². The number of carbonyl (C=O) groups excluding carboxylic acids is 2. The predicted octanol–water partition coefficient (Wildman–Crippen LogP) is 2.74. The Bertz CT molecular complexity index is 972. The molecule has 3 rings (SSSR count). The van der Waals surface area contributed by atoms with Crippen LogP contribution < -0.4 is 5.32 Å². The van der Waals surface area contributed by atoms with E-state index in [1.54, 1.807) is 28.9 Å². The van der Waals surface area contributed by atoms with Crippen molar-refractivity contribution in [2.45, 2.75) is 18.5 Å². The van der Waals surface area contributed by atoms with Crippen molar-refractivity contribution in [2.75, 3.05) is 18.2 Å². The van der Waals surface area contributed by atoms with Crippen LogP contribution in [0.15, 0.2) is 53.7 Å². The van der Waals surface area contributed by atoms with Gasteiger partial charge in [0.05, 0.1) is 29.8 Å². The number of thioether (sulfide) groups is 1. The van der Waals surface area contributed by atoms with Gasteiger partial charge in [-0.05, 0) is 46.7 Å². The second-order valence-corrected chi connectivity index (χ2v) is 6.71. The van der Waals surface area contributed by atoms with Crippen molar-refractivity contribution in [3.8, 4) is 5.69 Å². The fourth-order valence-corrected chi connectivity index (χ4v) is 3.19.